The van der Waals surface area contributed by atoms with Crippen molar-refractivity contribution in [3.05, 3.63) is 53.8 Å². The van der Waals surface area contributed by atoms with Crippen LogP contribution in [0.25, 0.3) is 0 Å². The van der Waals surface area contributed by atoms with Gasteiger partial charge in [-0.25, -0.2) is 9.59 Å². The van der Waals surface area contributed by atoms with Crippen LogP contribution < -0.4 is 0 Å². The summed E-state index contributed by atoms with van der Waals surface area (Å²) >= 11 is 0. The fourth-order valence-electron chi connectivity index (χ4n) is 6.86. The van der Waals surface area contributed by atoms with Gasteiger partial charge in [0.25, 0.3) is 0 Å². The molecule has 11 atom stereocenters. The van der Waals surface area contributed by atoms with Crippen LogP contribution in [0.5, 0.6) is 5.75 Å². The number of phenols is 1. The summed E-state index contributed by atoms with van der Waals surface area (Å²) in [6, 6.07) is 6.16. The maximum Gasteiger partial charge on any atom is 0.335 e. The molecule has 0 bridgehead atoms. The van der Waals surface area contributed by atoms with Crippen LogP contribution in [-0.4, -0.2) is 98.2 Å². The molecule has 230 valence electrons. The van der Waals surface area contributed by atoms with Crippen molar-refractivity contribution < 1.29 is 59.2 Å². The Balaban J connectivity index is 1.36. The number of fused-ring (bicyclic) bond motifs is 3. The summed E-state index contributed by atoms with van der Waals surface area (Å²) in [7, 11) is 0. The average Bonchev–Trinajstić information content (AvgIpc) is 3.26. The molecule has 12 nitrogen and oxygen atoms in total. The zero-order chi connectivity index (χ0) is 30.3. The van der Waals surface area contributed by atoms with Gasteiger partial charge in [-0.15, -0.1) is 0 Å². The van der Waals surface area contributed by atoms with E-state index in [0.29, 0.717) is 42.4 Å². The Kier molecular flexibility index (Phi) is 8.66. The van der Waals surface area contributed by atoms with Gasteiger partial charge in [-0.3, -0.25) is 0 Å². The third kappa shape index (κ3) is 5.54. The van der Waals surface area contributed by atoms with Crippen molar-refractivity contribution in [3.8, 4) is 5.75 Å². The Morgan fingerprint density at radius 3 is 2.57 bits per heavy atom. The number of ether oxygens (including phenoxy) is 4. The van der Waals surface area contributed by atoms with E-state index >= 15 is 0 Å². The van der Waals surface area contributed by atoms with Crippen molar-refractivity contribution in [2.45, 2.75) is 88.0 Å². The number of carbonyl (C=O) groups excluding carboxylic acids is 2. The number of carbonyl (C=O) groups is 2. The number of rotatable bonds is 7. The quantitative estimate of drug-likeness (QED) is 0.144. The van der Waals surface area contributed by atoms with E-state index in [0.717, 1.165) is 0 Å². The monoisotopic (exact) mass is 590 g/mol. The molecule has 1 aromatic carbocycles. The minimum atomic E-state index is -1.61. The van der Waals surface area contributed by atoms with Gasteiger partial charge < -0.3 is 49.6 Å². The lowest BCUT2D eigenvalue weighted by molar-refractivity contribution is -0.288. The van der Waals surface area contributed by atoms with Gasteiger partial charge in [-0.2, -0.15) is 0 Å². The molecular formula is C30H38O12. The molecule has 2 saturated carbocycles. The van der Waals surface area contributed by atoms with Crippen molar-refractivity contribution in [2.75, 3.05) is 6.61 Å². The number of phenolic OH excluding ortho intramolecular Hbond substituents is 1. The van der Waals surface area contributed by atoms with Crippen LogP contribution in [0.2, 0.25) is 0 Å². The first-order chi connectivity index (χ1) is 19.9. The summed E-state index contributed by atoms with van der Waals surface area (Å²) in [6.45, 7) is 5.25. The summed E-state index contributed by atoms with van der Waals surface area (Å²) in [5, 5.41) is 60.2. The molecule has 0 spiro atoms. The SMILES string of the molecule is C=C1C(=O)OC2C1CCC1(C)C(OC(=O)C(O)Cc3ccc(O)cc3)CC/C(=C/O[C@@H]3O[C@H](CO)[C@@H](O)[C@H](O)[C@H]3O)C21. The molecule has 4 aliphatic rings. The predicted octanol–water partition coefficient (Wildman–Crippen LogP) is 0.216. The smallest absolute Gasteiger partial charge is 0.335 e. The number of aliphatic hydroxyl groups excluding tert-OH is 5. The molecule has 1 aromatic rings. The molecule has 0 amide bonds. The van der Waals surface area contributed by atoms with Gasteiger partial charge in [0.2, 0.25) is 6.29 Å². The Morgan fingerprint density at radius 1 is 1.17 bits per heavy atom. The van der Waals surface area contributed by atoms with Crippen LogP contribution in [-0.2, 0) is 35.0 Å². The largest absolute Gasteiger partial charge is 0.508 e. The van der Waals surface area contributed by atoms with Gasteiger partial charge in [0, 0.05) is 29.2 Å². The number of aliphatic hydroxyl groups is 5. The lowest BCUT2D eigenvalue weighted by Gasteiger charge is -2.53. The molecule has 2 aliphatic heterocycles. The second-order valence-corrected chi connectivity index (χ2v) is 11.9. The normalized spacial score (nSPS) is 39.7. The molecule has 12 heteroatoms. The van der Waals surface area contributed by atoms with Crippen LogP contribution in [0.4, 0.5) is 0 Å². The molecule has 2 aliphatic carbocycles. The summed E-state index contributed by atoms with van der Waals surface area (Å²) in [6.07, 6.45) is -6.64. The van der Waals surface area contributed by atoms with Crippen molar-refractivity contribution >= 4 is 11.9 Å². The van der Waals surface area contributed by atoms with Crippen LogP contribution in [0.15, 0.2) is 48.3 Å². The van der Waals surface area contributed by atoms with E-state index in [1.807, 2.05) is 6.92 Å². The van der Waals surface area contributed by atoms with Crippen LogP contribution in [0.1, 0.15) is 38.2 Å². The second kappa shape index (κ2) is 11.9. The molecule has 2 saturated heterocycles. The van der Waals surface area contributed by atoms with Crippen molar-refractivity contribution in [3.63, 3.8) is 0 Å². The molecule has 0 aromatic heterocycles. The number of aromatic hydroxyl groups is 1. The van der Waals surface area contributed by atoms with Crippen molar-refractivity contribution in [1.29, 1.82) is 0 Å². The lowest BCUT2D eigenvalue weighted by Crippen LogP contribution is -2.59. The summed E-state index contributed by atoms with van der Waals surface area (Å²) in [5.41, 5.74) is 1.02. The molecule has 42 heavy (non-hydrogen) atoms. The zero-order valence-electron chi connectivity index (χ0n) is 23.2. The highest BCUT2D eigenvalue weighted by Crippen LogP contribution is 2.58. The van der Waals surface area contributed by atoms with Gasteiger partial charge >= 0.3 is 11.9 Å². The van der Waals surface area contributed by atoms with E-state index in [4.69, 9.17) is 18.9 Å². The highest BCUT2D eigenvalue weighted by molar-refractivity contribution is 5.91. The fourth-order valence-corrected chi connectivity index (χ4v) is 6.86. The van der Waals surface area contributed by atoms with Gasteiger partial charge in [-0.05, 0) is 49.0 Å². The predicted molar refractivity (Wildman–Crippen MR) is 143 cm³/mol. The molecular weight excluding hydrogens is 552 g/mol. The highest BCUT2D eigenvalue weighted by atomic mass is 16.7. The van der Waals surface area contributed by atoms with E-state index in [1.165, 1.54) is 18.4 Å². The van der Waals surface area contributed by atoms with Gasteiger partial charge in [0.05, 0.1) is 12.9 Å². The lowest BCUT2D eigenvalue weighted by atomic mass is 9.54. The second-order valence-electron chi connectivity index (χ2n) is 11.9. The van der Waals surface area contributed by atoms with E-state index in [-0.39, 0.29) is 18.1 Å². The molecule has 5 rings (SSSR count). The number of esters is 2. The molecule has 4 fully saturated rings. The van der Waals surface area contributed by atoms with E-state index in [9.17, 15) is 40.2 Å². The molecule has 2 heterocycles. The molecule has 6 N–H and O–H groups in total. The average molecular weight is 591 g/mol. The van der Waals surface area contributed by atoms with Crippen LogP contribution in [0, 0.1) is 17.3 Å². The Labute approximate surface area is 242 Å². The van der Waals surface area contributed by atoms with E-state index in [1.54, 1.807) is 12.1 Å². The summed E-state index contributed by atoms with van der Waals surface area (Å²) in [4.78, 5) is 25.5. The minimum absolute atomic E-state index is 0.00615. The maximum absolute atomic E-state index is 13.0. The van der Waals surface area contributed by atoms with E-state index < -0.39 is 78.9 Å². The van der Waals surface area contributed by atoms with Crippen LogP contribution in [0.3, 0.4) is 0 Å². The van der Waals surface area contributed by atoms with Gasteiger partial charge in [0.15, 0.2) is 6.10 Å². The number of hydrogen-bond acceptors (Lipinski definition) is 12. The van der Waals surface area contributed by atoms with Crippen LogP contribution >= 0.6 is 0 Å². The van der Waals surface area contributed by atoms with Crippen molar-refractivity contribution in [2.24, 2.45) is 17.3 Å². The maximum atomic E-state index is 13.0. The Bertz CT molecular complexity index is 1210. The zero-order valence-corrected chi connectivity index (χ0v) is 23.2. The number of hydrogen-bond donors (Lipinski definition) is 6. The summed E-state index contributed by atoms with van der Waals surface area (Å²) in [5.74, 6) is -1.92. The van der Waals surface area contributed by atoms with Gasteiger partial charge in [-0.1, -0.05) is 25.6 Å². The highest BCUT2D eigenvalue weighted by Gasteiger charge is 2.60. The third-order valence-electron chi connectivity index (χ3n) is 9.31. The Hall–Kier alpha value is -3.00. The molecule has 6 unspecified atom stereocenters. The van der Waals surface area contributed by atoms with E-state index in [2.05, 4.69) is 6.58 Å². The Morgan fingerprint density at radius 2 is 1.88 bits per heavy atom. The summed E-state index contributed by atoms with van der Waals surface area (Å²) < 4.78 is 22.9. The standard InChI is InChI=1S/C30H38O12/c1-14-18-9-10-30(2)21(41-28(38)19(33)11-15-3-6-17(32)7-4-15)8-5-16(22(30)26(18)42-27(14)37)13-39-29-25(36)24(35)23(34)20(12-31)40-29/h3-4,6-7,13,18-26,29,31-36H,1,5,8-12H2,2H3/b16-13-/t18?,19?,20-,21?,22?,23-,24+,25-,26?,29-,30?/m1/s1. The van der Waals surface area contributed by atoms with Gasteiger partial charge in [0.1, 0.15) is 42.4 Å². The third-order valence-corrected chi connectivity index (χ3v) is 9.31. The topological polar surface area (TPSA) is 192 Å². The molecule has 0 radical (unpaired) electrons. The number of benzene rings is 1. The first-order valence-electron chi connectivity index (χ1n) is 14.2. The van der Waals surface area contributed by atoms with Crippen molar-refractivity contribution in [1.82, 2.24) is 0 Å². The first-order valence-corrected chi connectivity index (χ1v) is 14.2. The first kappa shape index (κ1) is 30.5. The fraction of sp³-hybridized carbons (Fsp3) is 0.600. The minimum Gasteiger partial charge on any atom is -0.508 e.